The first kappa shape index (κ1) is 21.6. The zero-order chi connectivity index (χ0) is 20.5. The molecule has 1 aromatic carbocycles. The van der Waals surface area contributed by atoms with Crippen molar-refractivity contribution in [2.24, 2.45) is 11.8 Å². The summed E-state index contributed by atoms with van der Waals surface area (Å²) in [5.74, 6) is 1.44. The molecule has 156 valence electrons. The van der Waals surface area contributed by atoms with Crippen molar-refractivity contribution in [1.29, 1.82) is 5.26 Å². The summed E-state index contributed by atoms with van der Waals surface area (Å²) in [7, 11) is 0. The minimum atomic E-state index is 0.0465. The van der Waals surface area contributed by atoms with Crippen molar-refractivity contribution < 1.29 is 9.53 Å². The predicted molar refractivity (Wildman–Crippen MR) is 116 cm³/mol. The molecule has 0 aliphatic heterocycles. The Morgan fingerprint density at radius 2 is 1.76 bits per heavy atom. The van der Waals surface area contributed by atoms with Gasteiger partial charge in [0.15, 0.2) is 0 Å². The summed E-state index contributed by atoms with van der Waals surface area (Å²) in [4.78, 5) is 12.7. The van der Waals surface area contributed by atoms with Crippen LogP contribution in [0, 0.1) is 23.2 Å². The molecule has 0 heterocycles. The lowest BCUT2D eigenvalue weighted by Gasteiger charge is -2.31. The minimum absolute atomic E-state index is 0.0465. The van der Waals surface area contributed by atoms with Gasteiger partial charge in [0.25, 0.3) is 0 Å². The Balaban J connectivity index is 1.37. The normalized spacial score (nSPS) is 27.4. The summed E-state index contributed by atoms with van der Waals surface area (Å²) in [6.07, 6.45) is 15.2. The molecule has 0 saturated heterocycles. The van der Waals surface area contributed by atoms with Crippen LogP contribution in [0.1, 0.15) is 88.2 Å². The van der Waals surface area contributed by atoms with Crippen LogP contribution in [0.25, 0.3) is 0 Å². The molecule has 2 fully saturated rings. The van der Waals surface area contributed by atoms with Crippen molar-refractivity contribution in [1.82, 2.24) is 0 Å². The van der Waals surface area contributed by atoms with Gasteiger partial charge in [0.1, 0.15) is 6.10 Å². The van der Waals surface area contributed by atoms with E-state index in [1.165, 1.54) is 11.1 Å². The molecule has 0 atom stereocenters. The molecule has 1 aromatic rings. The highest BCUT2D eigenvalue weighted by molar-refractivity contribution is 5.72. The number of esters is 1. The second-order valence-corrected chi connectivity index (χ2v) is 8.83. The summed E-state index contributed by atoms with van der Waals surface area (Å²) in [6.45, 7) is 2.19. The third-order valence-corrected chi connectivity index (χ3v) is 6.93. The third kappa shape index (κ3) is 6.46. The molecule has 2 saturated carbocycles. The number of hydrogen-bond acceptors (Lipinski definition) is 3. The molecule has 0 N–H and O–H groups in total. The molecule has 0 aromatic heterocycles. The molecule has 2 aliphatic rings. The molecule has 2 aliphatic carbocycles. The largest absolute Gasteiger partial charge is 0.462 e. The summed E-state index contributed by atoms with van der Waals surface area (Å²) >= 11 is 0. The number of aryl methyl sites for hydroxylation is 1. The standard InChI is InChI=1S/C26H35NO2/c1-2-20-7-11-22(12-8-20)23-13-15-24(16-14-23)26(28)29-25-17-9-21(10-18-25)6-4-3-5-19-27/h3,5,7-8,11-12,21,23-25H,2,4,6,9-10,13-18H2,1H3/b5-3+. The van der Waals surface area contributed by atoms with Crippen LogP contribution in [-0.4, -0.2) is 12.1 Å². The van der Waals surface area contributed by atoms with Crippen molar-refractivity contribution in [3.05, 3.63) is 47.5 Å². The van der Waals surface area contributed by atoms with E-state index in [-0.39, 0.29) is 18.0 Å². The zero-order valence-electron chi connectivity index (χ0n) is 17.8. The fraction of sp³-hybridized carbons (Fsp3) is 0.615. The van der Waals surface area contributed by atoms with Crippen LogP contribution in [0.4, 0.5) is 0 Å². The van der Waals surface area contributed by atoms with E-state index in [0.29, 0.717) is 11.8 Å². The molecule has 0 unspecified atom stereocenters. The summed E-state index contributed by atoms with van der Waals surface area (Å²) in [5.41, 5.74) is 2.82. The van der Waals surface area contributed by atoms with Crippen LogP contribution in [0.15, 0.2) is 36.4 Å². The number of benzene rings is 1. The van der Waals surface area contributed by atoms with Gasteiger partial charge in [-0.25, -0.2) is 0 Å². The molecular weight excluding hydrogens is 358 g/mol. The fourth-order valence-corrected chi connectivity index (χ4v) is 4.95. The van der Waals surface area contributed by atoms with E-state index >= 15 is 0 Å². The quantitative estimate of drug-likeness (QED) is 0.393. The molecule has 3 heteroatoms. The third-order valence-electron chi connectivity index (χ3n) is 6.93. The number of carbonyl (C=O) groups is 1. The van der Waals surface area contributed by atoms with Gasteiger partial charge >= 0.3 is 5.97 Å². The first-order chi connectivity index (χ1) is 14.2. The van der Waals surface area contributed by atoms with Gasteiger partial charge in [-0.15, -0.1) is 0 Å². The summed E-state index contributed by atoms with van der Waals surface area (Å²) < 4.78 is 5.90. The van der Waals surface area contributed by atoms with Crippen LogP contribution in [0.2, 0.25) is 0 Å². The number of ether oxygens (including phenoxy) is 1. The highest BCUT2D eigenvalue weighted by Gasteiger charge is 2.31. The maximum absolute atomic E-state index is 12.7. The van der Waals surface area contributed by atoms with Crippen LogP contribution >= 0.6 is 0 Å². The predicted octanol–water partition coefficient (Wildman–Crippen LogP) is 6.48. The lowest BCUT2D eigenvalue weighted by Crippen LogP contribution is -2.29. The Morgan fingerprint density at radius 1 is 1.07 bits per heavy atom. The van der Waals surface area contributed by atoms with E-state index in [4.69, 9.17) is 10.00 Å². The SMILES string of the molecule is CCc1ccc(C2CCC(C(=O)OC3CCC(CC/C=C/C#N)CC3)CC2)cc1. The number of rotatable bonds is 7. The number of nitrogens with zero attached hydrogens (tertiary/aromatic N) is 1. The van der Waals surface area contributed by atoms with Gasteiger partial charge < -0.3 is 4.74 Å². The summed E-state index contributed by atoms with van der Waals surface area (Å²) in [5, 5.41) is 8.54. The van der Waals surface area contributed by atoms with Gasteiger partial charge in [-0.1, -0.05) is 37.3 Å². The molecule has 0 amide bonds. The fourth-order valence-electron chi connectivity index (χ4n) is 4.95. The number of carbonyl (C=O) groups excluding carboxylic acids is 1. The smallest absolute Gasteiger partial charge is 0.309 e. The van der Waals surface area contributed by atoms with Gasteiger partial charge in [0, 0.05) is 6.08 Å². The Hall–Kier alpha value is -2.08. The van der Waals surface area contributed by atoms with Gasteiger partial charge in [-0.2, -0.15) is 5.26 Å². The Bertz CT molecular complexity index is 699. The minimum Gasteiger partial charge on any atom is -0.462 e. The van der Waals surface area contributed by atoms with E-state index < -0.39 is 0 Å². The van der Waals surface area contributed by atoms with E-state index in [9.17, 15) is 4.79 Å². The lowest BCUT2D eigenvalue weighted by atomic mass is 9.78. The van der Waals surface area contributed by atoms with Crippen molar-refractivity contribution >= 4 is 5.97 Å². The first-order valence-corrected chi connectivity index (χ1v) is 11.5. The highest BCUT2D eigenvalue weighted by atomic mass is 16.5. The van der Waals surface area contributed by atoms with Crippen molar-refractivity contribution in [3.8, 4) is 6.07 Å². The Labute approximate surface area is 176 Å². The van der Waals surface area contributed by atoms with Crippen molar-refractivity contribution in [3.63, 3.8) is 0 Å². The lowest BCUT2D eigenvalue weighted by molar-refractivity contribution is -0.157. The number of hydrogen-bond donors (Lipinski definition) is 0. The Morgan fingerprint density at radius 3 is 2.38 bits per heavy atom. The van der Waals surface area contributed by atoms with Gasteiger partial charge in [0.2, 0.25) is 0 Å². The molecule has 29 heavy (non-hydrogen) atoms. The van der Waals surface area contributed by atoms with E-state index in [1.807, 2.05) is 12.1 Å². The maximum atomic E-state index is 12.7. The molecule has 0 spiro atoms. The average Bonchev–Trinajstić information content (AvgIpc) is 2.78. The molecule has 3 nitrogen and oxygen atoms in total. The van der Waals surface area contributed by atoms with Crippen LogP contribution in [-0.2, 0) is 16.0 Å². The highest BCUT2D eigenvalue weighted by Crippen LogP contribution is 2.37. The van der Waals surface area contributed by atoms with Crippen LogP contribution < -0.4 is 0 Å². The average molecular weight is 394 g/mol. The molecular formula is C26H35NO2. The van der Waals surface area contributed by atoms with E-state index in [1.54, 1.807) is 6.08 Å². The molecule has 0 radical (unpaired) electrons. The van der Waals surface area contributed by atoms with E-state index in [2.05, 4.69) is 31.2 Å². The van der Waals surface area contributed by atoms with Crippen molar-refractivity contribution in [2.45, 2.75) is 89.6 Å². The van der Waals surface area contributed by atoms with E-state index in [0.717, 1.165) is 70.6 Å². The topological polar surface area (TPSA) is 50.1 Å². The maximum Gasteiger partial charge on any atom is 0.309 e. The first-order valence-electron chi connectivity index (χ1n) is 11.5. The number of nitriles is 1. The van der Waals surface area contributed by atoms with Crippen LogP contribution in [0.3, 0.4) is 0 Å². The van der Waals surface area contributed by atoms with Gasteiger partial charge in [-0.3, -0.25) is 4.79 Å². The van der Waals surface area contributed by atoms with Crippen molar-refractivity contribution in [2.75, 3.05) is 0 Å². The second kappa shape index (κ2) is 11.2. The number of allylic oxidation sites excluding steroid dienone is 2. The van der Waals surface area contributed by atoms with Gasteiger partial charge in [0.05, 0.1) is 12.0 Å². The monoisotopic (exact) mass is 393 g/mol. The van der Waals surface area contributed by atoms with Crippen LogP contribution in [0.5, 0.6) is 0 Å². The second-order valence-electron chi connectivity index (χ2n) is 8.83. The molecule has 3 rings (SSSR count). The Kier molecular flexibility index (Phi) is 8.35. The van der Waals surface area contributed by atoms with Gasteiger partial charge in [-0.05, 0) is 93.6 Å². The molecule has 0 bridgehead atoms. The summed E-state index contributed by atoms with van der Waals surface area (Å²) in [6, 6.07) is 11.1. The zero-order valence-corrected chi connectivity index (χ0v) is 17.8.